The molecule has 0 aliphatic carbocycles. The molecule has 0 bridgehead atoms. The van der Waals surface area contributed by atoms with Gasteiger partial charge in [-0.3, -0.25) is 9.59 Å². The minimum atomic E-state index is -0.827. The number of hydrogen-bond donors (Lipinski definition) is 1. The normalized spacial score (nSPS) is 12.0. The van der Waals surface area contributed by atoms with E-state index in [2.05, 4.69) is 16.4 Å². The Morgan fingerprint density at radius 3 is 2.72 bits per heavy atom. The number of aryl methyl sites for hydroxylation is 3. The number of carbonyl (C=O) groups excluding carboxylic acids is 2. The quantitative estimate of drug-likeness (QED) is 0.409. The van der Waals surface area contributed by atoms with E-state index in [1.807, 2.05) is 50.2 Å². The zero-order valence-electron chi connectivity index (χ0n) is 17.0. The summed E-state index contributed by atoms with van der Waals surface area (Å²) in [5, 5.41) is 3.92. The van der Waals surface area contributed by atoms with E-state index in [0.717, 1.165) is 40.2 Å². The largest absolute Gasteiger partial charge is 0.453 e. The number of rotatable bonds is 8. The monoisotopic (exact) mass is 410 g/mol. The summed E-state index contributed by atoms with van der Waals surface area (Å²) in [5.74, 6) is -0.667. The van der Waals surface area contributed by atoms with Gasteiger partial charge >= 0.3 is 5.97 Å². The van der Waals surface area contributed by atoms with Crippen molar-refractivity contribution in [1.82, 2.24) is 4.98 Å². The average Bonchev–Trinajstić information content (AvgIpc) is 3.11. The second-order valence-electron chi connectivity index (χ2n) is 7.22. The van der Waals surface area contributed by atoms with Crippen LogP contribution in [0.5, 0.6) is 0 Å². The Labute approximate surface area is 175 Å². The van der Waals surface area contributed by atoms with Crippen molar-refractivity contribution in [3.8, 4) is 0 Å². The Kier molecular flexibility index (Phi) is 6.99. The van der Waals surface area contributed by atoms with Crippen molar-refractivity contribution in [1.29, 1.82) is 0 Å². The molecule has 0 aliphatic heterocycles. The molecule has 0 radical (unpaired) electrons. The van der Waals surface area contributed by atoms with Crippen LogP contribution in [0.15, 0.2) is 42.5 Å². The Morgan fingerprint density at radius 2 is 1.93 bits per heavy atom. The Morgan fingerprint density at radius 1 is 1.14 bits per heavy atom. The van der Waals surface area contributed by atoms with Crippen molar-refractivity contribution in [3.05, 3.63) is 58.6 Å². The number of unbranched alkanes of at least 4 members (excludes halogenated alkanes) is 1. The van der Waals surface area contributed by atoms with Gasteiger partial charge in [0.15, 0.2) is 6.10 Å². The maximum absolute atomic E-state index is 12.3. The van der Waals surface area contributed by atoms with Gasteiger partial charge in [0.05, 0.1) is 15.2 Å². The number of para-hydroxylation sites is 1. The summed E-state index contributed by atoms with van der Waals surface area (Å²) < 4.78 is 6.48. The van der Waals surface area contributed by atoms with E-state index in [0.29, 0.717) is 12.8 Å². The standard InChI is InChI=1S/C23H26N2O3S/c1-15-12-13-16(2)19(14-15)25-23(27)17(3)28-22(26)11-7-6-10-21-24-18-8-4-5-9-20(18)29-21/h4-5,8-9,12-14,17H,6-7,10-11H2,1-3H3,(H,25,27)/t17-/m0/s1. The Bertz CT molecular complexity index is 979. The van der Waals surface area contributed by atoms with Crippen molar-refractivity contribution in [2.45, 2.75) is 52.6 Å². The predicted molar refractivity (Wildman–Crippen MR) is 117 cm³/mol. The molecule has 1 atom stereocenters. The lowest BCUT2D eigenvalue weighted by molar-refractivity contribution is -0.153. The molecule has 0 unspecified atom stereocenters. The van der Waals surface area contributed by atoms with Crippen LogP contribution in [0.4, 0.5) is 5.69 Å². The number of hydrogen-bond acceptors (Lipinski definition) is 5. The van der Waals surface area contributed by atoms with Crippen LogP contribution >= 0.6 is 11.3 Å². The predicted octanol–water partition coefficient (Wildman–Crippen LogP) is 5.20. The van der Waals surface area contributed by atoms with Gasteiger partial charge in [-0.25, -0.2) is 4.98 Å². The Balaban J connectivity index is 1.40. The van der Waals surface area contributed by atoms with Crippen LogP contribution in [0.1, 0.15) is 42.3 Å². The van der Waals surface area contributed by atoms with Crippen LogP contribution in [-0.2, 0) is 20.7 Å². The van der Waals surface area contributed by atoms with Gasteiger partial charge in [0.1, 0.15) is 0 Å². The first kappa shape index (κ1) is 21.0. The lowest BCUT2D eigenvalue weighted by Gasteiger charge is -2.15. The first-order valence-electron chi connectivity index (χ1n) is 9.84. The maximum atomic E-state index is 12.3. The summed E-state index contributed by atoms with van der Waals surface area (Å²) in [5.41, 5.74) is 3.80. The van der Waals surface area contributed by atoms with Crippen molar-refractivity contribution in [2.75, 3.05) is 5.32 Å². The fourth-order valence-electron chi connectivity index (χ4n) is 2.99. The molecule has 0 saturated carbocycles. The molecule has 3 aromatic rings. The first-order valence-corrected chi connectivity index (χ1v) is 10.7. The highest BCUT2D eigenvalue weighted by Gasteiger charge is 2.18. The second kappa shape index (κ2) is 9.65. The number of fused-ring (bicyclic) bond motifs is 1. The number of anilines is 1. The summed E-state index contributed by atoms with van der Waals surface area (Å²) in [6.07, 6.45) is 1.88. The summed E-state index contributed by atoms with van der Waals surface area (Å²) >= 11 is 1.69. The van der Waals surface area contributed by atoms with Gasteiger partial charge in [-0.15, -0.1) is 11.3 Å². The lowest BCUT2D eigenvalue weighted by Crippen LogP contribution is -2.30. The number of ether oxygens (including phenoxy) is 1. The molecule has 29 heavy (non-hydrogen) atoms. The molecule has 0 fully saturated rings. The topological polar surface area (TPSA) is 68.3 Å². The van der Waals surface area contributed by atoms with E-state index in [9.17, 15) is 9.59 Å². The minimum absolute atomic E-state index is 0.298. The average molecular weight is 411 g/mol. The molecule has 1 N–H and O–H groups in total. The number of nitrogens with one attached hydrogen (secondary N) is 1. The fraction of sp³-hybridized carbons (Fsp3) is 0.348. The van der Waals surface area contributed by atoms with Gasteiger partial charge in [0.25, 0.3) is 5.91 Å². The van der Waals surface area contributed by atoms with Gasteiger partial charge in [0, 0.05) is 12.1 Å². The van der Waals surface area contributed by atoms with Crippen molar-refractivity contribution in [2.24, 2.45) is 0 Å². The molecular formula is C23H26N2O3S. The molecule has 2 aromatic carbocycles. The highest BCUT2D eigenvalue weighted by atomic mass is 32.1. The molecule has 6 heteroatoms. The number of nitrogens with zero attached hydrogens (tertiary/aromatic N) is 1. The fourth-order valence-corrected chi connectivity index (χ4v) is 4.00. The summed E-state index contributed by atoms with van der Waals surface area (Å²) in [6.45, 7) is 5.49. The van der Waals surface area contributed by atoms with E-state index in [1.54, 1.807) is 18.3 Å². The molecule has 3 rings (SSSR count). The molecule has 1 aromatic heterocycles. The molecule has 1 amide bonds. The van der Waals surface area contributed by atoms with Crippen LogP contribution < -0.4 is 5.32 Å². The molecule has 0 aliphatic rings. The van der Waals surface area contributed by atoms with Crippen molar-refractivity contribution < 1.29 is 14.3 Å². The van der Waals surface area contributed by atoms with E-state index in [4.69, 9.17) is 4.74 Å². The molecule has 152 valence electrons. The minimum Gasteiger partial charge on any atom is -0.453 e. The van der Waals surface area contributed by atoms with E-state index in [-0.39, 0.29) is 11.9 Å². The van der Waals surface area contributed by atoms with Crippen LogP contribution in [-0.4, -0.2) is 23.0 Å². The van der Waals surface area contributed by atoms with Crippen molar-refractivity contribution in [3.63, 3.8) is 0 Å². The lowest BCUT2D eigenvalue weighted by atomic mass is 10.1. The number of benzene rings is 2. The molecule has 1 heterocycles. The highest BCUT2D eigenvalue weighted by molar-refractivity contribution is 7.18. The second-order valence-corrected chi connectivity index (χ2v) is 8.34. The highest BCUT2D eigenvalue weighted by Crippen LogP contribution is 2.23. The molecule has 5 nitrogen and oxygen atoms in total. The summed E-state index contributed by atoms with van der Waals surface area (Å²) in [4.78, 5) is 29.0. The van der Waals surface area contributed by atoms with Crippen LogP contribution in [0, 0.1) is 13.8 Å². The van der Waals surface area contributed by atoms with Gasteiger partial charge in [-0.2, -0.15) is 0 Å². The Hall–Kier alpha value is -2.73. The summed E-state index contributed by atoms with van der Waals surface area (Å²) in [7, 11) is 0. The van der Waals surface area contributed by atoms with Gasteiger partial charge in [-0.1, -0.05) is 24.3 Å². The third-order valence-electron chi connectivity index (χ3n) is 4.69. The zero-order chi connectivity index (χ0) is 20.8. The van der Waals surface area contributed by atoms with Crippen molar-refractivity contribution >= 4 is 39.1 Å². The third-order valence-corrected chi connectivity index (χ3v) is 5.78. The number of aromatic nitrogens is 1. The maximum Gasteiger partial charge on any atom is 0.306 e. The number of esters is 1. The van der Waals surface area contributed by atoms with E-state index in [1.165, 1.54) is 4.70 Å². The zero-order valence-corrected chi connectivity index (χ0v) is 17.8. The van der Waals surface area contributed by atoms with Crippen LogP contribution in [0.25, 0.3) is 10.2 Å². The van der Waals surface area contributed by atoms with Gasteiger partial charge < -0.3 is 10.1 Å². The van der Waals surface area contributed by atoms with Crippen LogP contribution in [0.3, 0.4) is 0 Å². The van der Waals surface area contributed by atoms with Gasteiger partial charge in [-0.05, 0) is 69.4 Å². The molecule has 0 spiro atoms. The molecular weight excluding hydrogens is 384 g/mol. The number of thiazole rings is 1. The number of carbonyl (C=O) groups is 2. The molecule has 0 saturated heterocycles. The first-order chi connectivity index (χ1) is 13.9. The van der Waals surface area contributed by atoms with Gasteiger partial charge in [0.2, 0.25) is 0 Å². The van der Waals surface area contributed by atoms with Crippen LogP contribution in [0.2, 0.25) is 0 Å². The van der Waals surface area contributed by atoms with E-state index >= 15 is 0 Å². The summed E-state index contributed by atoms with van der Waals surface area (Å²) in [6, 6.07) is 13.9. The van der Waals surface area contributed by atoms with E-state index < -0.39 is 6.10 Å². The number of amides is 1. The smallest absolute Gasteiger partial charge is 0.306 e. The SMILES string of the molecule is Cc1ccc(C)c(NC(=O)[C@H](C)OC(=O)CCCCc2nc3ccccc3s2)c1. The third kappa shape index (κ3) is 5.87.